The van der Waals surface area contributed by atoms with E-state index in [9.17, 15) is 9.18 Å². The third-order valence-electron chi connectivity index (χ3n) is 3.29. The van der Waals surface area contributed by atoms with E-state index in [1.165, 1.54) is 25.3 Å². The van der Waals surface area contributed by atoms with Gasteiger partial charge in [0.2, 0.25) is 0 Å². The van der Waals surface area contributed by atoms with Crippen molar-refractivity contribution < 1.29 is 13.9 Å². The maximum atomic E-state index is 13.3. The molecule has 0 atom stereocenters. The molecule has 0 bridgehead atoms. The Balaban J connectivity index is 2.14. The maximum Gasteiger partial charge on any atom is 0.173 e. The van der Waals surface area contributed by atoms with Crippen molar-refractivity contribution >= 4 is 23.2 Å². The number of anilines is 1. The molecule has 2 rings (SSSR count). The first kappa shape index (κ1) is 19.0. The molecule has 26 heavy (non-hydrogen) atoms. The van der Waals surface area contributed by atoms with Crippen LogP contribution in [0.15, 0.2) is 59.1 Å². The number of hydrogen-bond donors (Lipinski definition) is 1. The molecule has 1 N–H and O–H groups in total. The second-order valence-electron chi connectivity index (χ2n) is 5.00. The highest BCUT2D eigenvalue weighted by atomic mass is 32.2. The minimum absolute atomic E-state index is 0.0108. The van der Waals surface area contributed by atoms with E-state index < -0.39 is 5.82 Å². The second-order valence-corrected chi connectivity index (χ2v) is 5.99. The normalized spacial score (nSPS) is 9.54. The summed E-state index contributed by atoms with van der Waals surface area (Å²) in [5.74, 6) is 0.0194. The lowest BCUT2D eigenvalue weighted by Gasteiger charge is -2.11. The van der Waals surface area contributed by atoms with Gasteiger partial charge in [0.1, 0.15) is 28.7 Å². The fraction of sp³-hybridized carbons (Fsp3) is 0.105. The predicted molar refractivity (Wildman–Crippen MR) is 98.1 cm³/mol. The molecular weight excluding hydrogens is 353 g/mol. The van der Waals surface area contributed by atoms with Crippen molar-refractivity contribution in [2.75, 3.05) is 18.2 Å². The molecule has 0 amide bonds. The molecule has 0 unspecified atom stereocenters. The third-order valence-corrected chi connectivity index (χ3v) is 4.29. The fourth-order valence-corrected chi connectivity index (χ4v) is 2.86. The number of ether oxygens (including phenoxy) is 1. The van der Waals surface area contributed by atoms with Crippen molar-refractivity contribution in [2.24, 2.45) is 0 Å². The maximum absolute atomic E-state index is 13.3. The first-order valence-corrected chi connectivity index (χ1v) is 8.43. The molecule has 0 aliphatic carbocycles. The Morgan fingerprint density at radius 2 is 1.88 bits per heavy atom. The van der Waals surface area contributed by atoms with Crippen LogP contribution >= 0.6 is 11.8 Å². The summed E-state index contributed by atoms with van der Waals surface area (Å²) in [4.78, 5) is 12.3. The van der Waals surface area contributed by atoms with Crippen molar-refractivity contribution in [3.8, 4) is 17.9 Å². The number of carbonyl (C=O) groups excluding carboxylic acids is 1. The van der Waals surface area contributed by atoms with E-state index in [-0.39, 0.29) is 22.1 Å². The summed E-state index contributed by atoms with van der Waals surface area (Å²) >= 11 is 1.01. The minimum Gasteiger partial charge on any atom is -0.497 e. The number of rotatable bonds is 7. The number of halogens is 1. The van der Waals surface area contributed by atoms with Crippen molar-refractivity contribution in [3.63, 3.8) is 0 Å². The standard InChI is InChI=1S/C19H14FN3O2S/c1-25-17-7-5-13(6-8-17)18(24)12-26-19(14(10-21)11-22)23-16-4-2-3-15(20)9-16/h2-9,23H,12H2,1H3. The largest absolute Gasteiger partial charge is 0.497 e. The molecule has 5 nitrogen and oxygen atoms in total. The third kappa shape index (κ3) is 5.10. The molecular formula is C19H14FN3O2S. The monoisotopic (exact) mass is 367 g/mol. The van der Waals surface area contributed by atoms with Gasteiger partial charge in [-0.25, -0.2) is 4.39 Å². The molecule has 0 radical (unpaired) electrons. The summed E-state index contributed by atoms with van der Waals surface area (Å²) in [6.07, 6.45) is 0. The predicted octanol–water partition coefficient (Wildman–Crippen LogP) is 4.12. The number of nitriles is 2. The molecule has 0 aromatic heterocycles. The highest BCUT2D eigenvalue weighted by molar-refractivity contribution is 8.03. The van der Waals surface area contributed by atoms with Gasteiger partial charge in [-0.2, -0.15) is 10.5 Å². The van der Waals surface area contributed by atoms with Gasteiger partial charge in [-0.1, -0.05) is 17.8 Å². The average Bonchev–Trinajstić information content (AvgIpc) is 2.66. The number of ketones is 1. The van der Waals surface area contributed by atoms with Gasteiger partial charge in [0.05, 0.1) is 12.9 Å². The lowest BCUT2D eigenvalue weighted by molar-refractivity contribution is 0.102. The van der Waals surface area contributed by atoms with Crippen LogP contribution in [0.1, 0.15) is 10.4 Å². The van der Waals surface area contributed by atoms with Gasteiger partial charge in [0, 0.05) is 11.3 Å². The summed E-state index contributed by atoms with van der Waals surface area (Å²) in [6, 6.07) is 15.8. The van der Waals surface area contributed by atoms with E-state index in [1.54, 1.807) is 42.5 Å². The van der Waals surface area contributed by atoms with E-state index in [4.69, 9.17) is 15.3 Å². The quantitative estimate of drug-likeness (QED) is 0.585. The van der Waals surface area contributed by atoms with Gasteiger partial charge in [-0.3, -0.25) is 4.79 Å². The molecule has 2 aromatic carbocycles. The molecule has 0 fully saturated rings. The number of benzene rings is 2. The zero-order chi connectivity index (χ0) is 18.9. The topological polar surface area (TPSA) is 85.9 Å². The van der Waals surface area contributed by atoms with Crippen molar-refractivity contribution in [1.82, 2.24) is 0 Å². The van der Waals surface area contributed by atoms with Crippen LogP contribution in [0.3, 0.4) is 0 Å². The van der Waals surface area contributed by atoms with Crippen molar-refractivity contribution in [1.29, 1.82) is 10.5 Å². The summed E-state index contributed by atoms with van der Waals surface area (Å²) in [5, 5.41) is 21.3. The molecule has 0 aliphatic rings. The Labute approximate surface area is 154 Å². The van der Waals surface area contributed by atoms with E-state index in [0.29, 0.717) is 17.0 Å². The lowest BCUT2D eigenvalue weighted by Crippen LogP contribution is -2.06. The van der Waals surface area contributed by atoms with E-state index >= 15 is 0 Å². The smallest absolute Gasteiger partial charge is 0.173 e. The molecule has 0 spiro atoms. The highest BCUT2D eigenvalue weighted by Crippen LogP contribution is 2.24. The zero-order valence-electron chi connectivity index (χ0n) is 13.8. The Morgan fingerprint density at radius 3 is 2.46 bits per heavy atom. The van der Waals surface area contributed by atoms with Crippen LogP contribution in [-0.4, -0.2) is 18.6 Å². The molecule has 2 aromatic rings. The van der Waals surface area contributed by atoms with Crippen LogP contribution in [-0.2, 0) is 0 Å². The van der Waals surface area contributed by atoms with Gasteiger partial charge >= 0.3 is 0 Å². The Morgan fingerprint density at radius 1 is 1.19 bits per heavy atom. The van der Waals surface area contributed by atoms with Crippen LogP contribution in [0.4, 0.5) is 10.1 Å². The number of Topliss-reactive ketones (excluding diaryl/α,β-unsaturated/α-hetero) is 1. The lowest BCUT2D eigenvalue weighted by atomic mass is 10.1. The summed E-state index contributed by atoms with van der Waals surface area (Å²) in [6.45, 7) is 0. The van der Waals surface area contributed by atoms with Gasteiger partial charge in [0.15, 0.2) is 11.4 Å². The number of nitrogens with one attached hydrogen (secondary N) is 1. The summed E-state index contributed by atoms with van der Waals surface area (Å²) in [5.41, 5.74) is 0.688. The van der Waals surface area contributed by atoms with Gasteiger partial charge in [-0.05, 0) is 42.5 Å². The number of thioether (sulfide) groups is 1. The Hall–Kier alpha value is -3.29. The van der Waals surface area contributed by atoms with Crippen LogP contribution in [0, 0.1) is 28.5 Å². The molecule has 7 heteroatoms. The molecule has 0 saturated carbocycles. The summed E-state index contributed by atoms with van der Waals surface area (Å²) in [7, 11) is 1.53. The van der Waals surface area contributed by atoms with Crippen LogP contribution < -0.4 is 10.1 Å². The summed E-state index contributed by atoms with van der Waals surface area (Å²) < 4.78 is 18.4. The van der Waals surface area contributed by atoms with Crippen molar-refractivity contribution in [2.45, 2.75) is 0 Å². The van der Waals surface area contributed by atoms with E-state index in [1.807, 2.05) is 0 Å². The number of allylic oxidation sites excluding steroid dienone is 1. The zero-order valence-corrected chi connectivity index (χ0v) is 14.6. The minimum atomic E-state index is -0.455. The van der Waals surface area contributed by atoms with Gasteiger partial charge in [-0.15, -0.1) is 0 Å². The highest BCUT2D eigenvalue weighted by Gasteiger charge is 2.13. The molecule has 0 aliphatic heterocycles. The fourth-order valence-electron chi connectivity index (χ4n) is 1.99. The van der Waals surface area contributed by atoms with Crippen molar-refractivity contribution in [3.05, 3.63) is 70.5 Å². The average molecular weight is 367 g/mol. The first-order chi connectivity index (χ1) is 12.6. The number of methoxy groups -OCH3 is 1. The SMILES string of the molecule is COc1ccc(C(=O)CSC(Nc2cccc(F)c2)=C(C#N)C#N)cc1. The Bertz CT molecular complexity index is 896. The number of hydrogen-bond acceptors (Lipinski definition) is 6. The first-order valence-electron chi connectivity index (χ1n) is 7.44. The molecule has 0 saturated heterocycles. The Kier molecular flexibility index (Phi) is 6.78. The van der Waals surface area contributed by atoms with Crippen LogP contribution in [0.5, 0.6) is 5.75 Å². The number of carbonyl (C=O) groups is 1. The van der Waals surface area contributed by atoms with Crippen LogP contribution in [0.2, 0.25) is 0 Å². The second kappa shape index (κ2) is 9.26. The molecule has 130 valence electrons. The number of nitrogens with zero attached hydrogens (tertiary/aromatic N) is 2. The van der Waals surface area contributed by atoms with Gasteiger partial charge < -0.3 is 10.1 Å². The van der Waals surface area contributed by atoms with Gasteiger partial charge in [0.25, 0.3) is 0 Å². The van der Waals surface area contributed by atoms with Crippen LogP contribution in [0.25, 0.3) is 0 Å². The van der Waals surface area contributed by atoms with E-state index in [2.05, 4.69) is 5.32 Å². The molecule has 0 heterocycles. The van der Waals surface area contributed by atoms with E-state index in [0.717, 1.165) is 11.8 Å².